The van der Waals surface area contributed by atoms with Crippen molar-refractivity contribution in [3.63, 3.8) is 0 Å². The van der Waals surface area contributed by atoms with Gasteiger partial charge >= 0.3 is 0 Å². The first-order valence-electron chi connectivity index (χ1n) is 3.79. The van der Waals surface area contributed by atoms with Crippen molar-refractivity contribution < 1.29 is 0 Å². The van der Waals surface area contributed by atoms with Crippen LogP contribution >= 0.6 is 11.6 Å². The topological polar surface area (TPSA) is 12.9 Å². The van der Waals surface area contributed by atoms with Gasteiger partial charge in [0, 0.05) is 5.69 Å². The first kappa shape index (κ1) is 10.4. The zero-order chi connectivity index (χ0) is 8.69. The van der Waals surface area contributed by atoms with Crippen LogP contribution in [-0.2, 0) is 0 Å². The fraction of sp³-hybridized carbons (Fsp3) is 0.444. The molecule has 1 nitrogen and oxygen atoms in total. The van der Waals surface area contributed by atoms with Crippen molar-refractivity contribution >= 4 is 11.6 Å². The quantitative estimate of drug-likeness (QED) is 0.545. The minimum Gasteiger partial charge on any atom is -0.241 e. The summed E-state index contributed by atoms with van der Waals surface area (Å²) < 4.78 is 0. The zero-order valence-corrected chi connectivity index (χ0v) is 8.02. The van der Waals surface area contributed by atoms with Crippen molar-refractivity contribution in [2.24, 2.45) is 0 Å². The van der Waals surface area contributed by atoms with E-state index in [1.54, 1.807) is 6.07 Å². The number of nitrogens with zero attached hydrogens (tertiary/aromatic N) is 1. The van der Waals surface area contributed by atoms with Gasteiger partial charge in [-0.3, -0.25) is 0 Å². The van der Waals surface area contributed by atoms with Crippen LogP contribution in [0.15, 0.2) is 18.2 Å². The van der Waals surface area contributed by atoms with Gasteiger partial charge in [-0.2, -0.15) is 0 Å². The highest BCUT2D eigenvalue weighted by Crippen LogP contribution is 2.02. The molecule has 0 atom stereocenters. The van der Waals surface area contributed by atoms with E-state index < -0.39 is 0 Å². The third-order valence-electron chi connectivity index (χ3n) is 0.854. The van der Waals surface area contributed by atoms with Gasteiger partial charge in [-0.15, -0.1) is 0 Å². The molecule has 0 spiro atoms. The lowest BCUT2D eigenvalue weighted by Crippen LogP contribution is -1.76. The lowest BCUT2D eigenvalue weighted by molar-refractivity contribution is 1.09. The summed E-state index contributed by atoms with van der Waals surface area (Å²) in [6, 6.07) is 5.55. The van der Waals surface area contributed by atoms with Gasteiger partial charge in [0.05, 0.1) is 0 Å². The van der Waals surface area contributed by atoms with Gasteiger partial charge in [-0.1, -0.05) is 37.9 Å². The van der Waals surface area contributed by atoms with Gasteiger partial charge in [0.2, 0.25) is 0 Å². The van der Waals surface area contributed by atoms with Crippen LogP contribution in [0.4, 0.5) is 0 Å². The third-order valence-corrected chi connectivity index (χ3v) is 1.06. The lowest BCUT2D eigenvalue weighted by atomic mass is 10.4. The third kappa shape index (κ3) is 5.86. The van der Waals surface area contributed by atoms with Crippen LogP contribution < -0.4 is 0 Å². The SMILES string of the molecule is CCC.Cc1cccc(Cl)n1. The molecule has 0 fully saturated rings. The van der Waals surface area contributed by atoms with Crippen LogP contribution in [0.5, 0.6) is 0 Å². The number of aryl methyl sites for hydroxylation is 1. The van der Waals surface area contributed by atoms with Gasteiger partial charge in [0.1, 0.15) is 5.15 Å². The van der Waals surface area contributed by atoms with Gasteiger partial charge in [-0.25, -0.2) is 4.98 Å². The monoisotopic (exact) mass is 171 g/mol. The zero-order valence-electron chi connectivity index (χ0n) is 7.26. The first-order chi connectivity index (χ1) is 5.20. The molecule has 2 heteroatoms. The summed E-state index contributed by atoms with van der Waals surface area (Å²) in [7, 11) is 0. The van der Waals surface area contributed by atoms with Crippen LogP contribution in [0, 0.1) is 6.92 Å². The van der Waals surface area contributed by atoms with Gasteiger partial charge in [-0.05, 0) is 19.1 Å². The van der Waals surface area contributed by atoms with Crippen molar-refractivity contribution in [3.8, 4) is 0 Å². The molecule has 62 valence electrons. The Labute approximate surface area is 73.4 Å². The molecule has 0 aliphatic rings. The van der Waals surface area contributed by atoms with Gasteiger partial charge < -0.3 is 0 Å². The number of pyridine rings is 1. The smallest absolute Gasteiger partial charge is 0.129 e. The maximum absolute atomic E-state index is 5.53. The maximum Gasteiger partial charge on any atom is 0.129 e. The summed E-state index contributed by atoms with van der Waals surface area (Å²) in [5.41, 5.74) is 0.956. The molecule has 0 radical (unpaired) electrons. The Balaban J connectivity index is 0.000000292. The molecule has 0 N–H and O–H groups in total. The Morgan fingerprint density at radius 3 is 2.18 bits per heavy atom. The van der Waals surface area contributed by atoms with Crippen LogP contribution in [0.1, 0.15) is 26.0 Å². The maximum atomic E-state index is 5.53. The van der Waals surface area contributed by atoms with Gasteiger partial charge in [0.15, 0.2) is 0 Å². The van der Waals surface area contributed by atoms with E-state index in [-0.39, 0.29) is 0 Å². The average molecular weight is 172 g/mol. The highest BCUT2D eigenvalue weighted by atomic mass is 35.5. The van der Waals surface area contributed by atoms with Crippen molar-refractivity contribution in [3.05, 3.63) is 29.0 Å². The minimum atomic E-state index is 0.560. The van der Waals surface area contributed by atoms with Crippen molar-refractivity contribution in [1.82, 2.24) is 4.98 Å². The molecule has 0 amide bonds. The van der Waals surface area contributed by atoms with E-state index >= 15 is 0 Å². The lowest BCUT2D eigenvalue weighted by Gasteiger charge is -1.88. The second-order valence-electron chi connectivity index (χ2n) is 2.31. The Morgan fingerprint density at radius 2 is 1.91 bits per heavy atom. The standard InChI is InChI=1S/C6H6ClN.C3H8/c1-5-3-2-4-6(7)8-5;1-3-2/h2-4H,1H3;3H2,1-2H3. The van der Waals surface area contributed by atoms with E-state index in [9.17, 15) is 0 Å². The summed E-state index contributed by atoms with van der Waals surface area (Å²) in [4.78, 5) is 3.94. The largest absolute Gasteiger partial charge is 0.241 e. The summed E-state index contributed by atoms with van der Waals surface area (Å²) in [5.74, 6) is 0. The summed E-state index contributed by atoms with van der Waals surface area (Å²) in [5, 5.41) is 0.560. The van der Waals surface area contributed by atoms with Crippen LogP contribution in [0.3, 0.4) is 0 Å². The molecule has 1 aromatic rings. The minimum absolute atomic E-state index is 0.560. The second-order valence-corrected chi connectivity index (χ2v) is 2.70. The van der Waals surface area contributed by atoms with Crippen molar-refractivity contribution in [1.29, 1.82) is 0 Å². The van der Waals surface area contributed by atoms with Crippen molar-refractivity contribution in [2.45, 2.75) is 27.2 Å². The number of hydrogen-bond donors (Lipinski definition) is 0. The molecule has 11 heavy (non-hydrogen) atoms. The van der Waals surface area contributed by atoms with E-state index in [1.807, 2.05) is 19.1 Å². The molecule has 0 saturated heterocycles. The fourth-order valence-electron chi connectivity index (χ4n) is 0.510. The molecule has 0 aromatic carbocycles. The molecule has 0 bridgehead atoms. The number of hydrogen-bond acceptors (Lipinski definition) is 1. The van der Waals surface area contributed by atoms with Crippen molar-refractivity contribution in [2.75, 3.05) is 0 Å². The Kier molecular flexibility index (Phi) is 5.86. The number of halogens is 1. The summed E-state index contributed by atoms with van der Waals surface area (Å²) in [6.45, 7) is 6.16. The molecular weight excluding hydrogens is 158 g/mol. The molecule has 0 aliphatic carbocycles. The molecule has 1 aromatic heterocycles. The molecule has 1 heterocycles. The molecule has 0 saturated carbocycles. The predicted molar refractivity (Wildman–Crippen MR) is 49.9 cm³/mol. The average Bonchev–Trinajstić information content (AvgIpc) is 1.88. The molecular formula is C9H14ClN. The van der Waals surface area contributed by atoms with Gasteiger partial charge in [0.25, 0.3) is 0 Å². The fourth-order valence-corrected chi connectivity index (χ4v) is 0.716. The van der Waals surface area contributed by atoms with E-state index in [1.165, 1.54) is 6.42 Å². The van der Waals surface area contributed by atoms with Crippen LogP contribution in [-0.4, -0.2) is 4.98 Å². The number of rotatable bonds is 0. The molecule has 0 aliphatic heterocycles. The van der Waals surface area contributed by atoms with E-state index in [4.69, 9.17) is 11.6 Å². The molecule has 1 rings (SSSR count). The summed E-state index contributed by atoms with van der Waals surface area (Å²) in [6.07, 6.45) is 1.25. The predicted octanol–water partition coefficient (Wildman–Crippen LogP) is 3.46. The highest BCUT2D eigenvalue weighted by molar-refractivity contribution is 6.29. The van der Waals surface area contributed by atoms with Crippen LogP contribution in [0.25, 0.3) is 0 Å². The Hall–Kier alpha value is -0.560. The first-order valence-corrected chi connectivity index (χ1v) is 4.17. The van der Waals surface area contributed by atoms with E-state index in [0.29, 0.717) is 5.15 Å². The number of aromatic nitrogens is 1. The Morgan fingerprint density at radius 1 is 1.36 bits per heavy atom. The van der Waals surface area contributed by atoms with E-state index in [2.05, 4.69) is 18.8 Å². The molecule has 0 unspecified atom stereocenters. The summed E-state index contributed by atoms with van der Waals surface area (Å²) >= 11 is 5.53. The highest BCUT2D eigenvalue weighted by Gasteiger charge is 1.84. The second kappa shape index (κ2) is 6.17. The Bertz CT molecular complexity index is 181. The van der Waals surface area contributed by atoms with Crippen LogP contribution in [0.2, 0.25) is 5.15 Å². The van der Waals surface area contributed by atoms with E-state index in [0.717, 1.165) is 5.69 Å². The normalized spacial score (nSPS) is 8.36.